The maximum atomic E-state index is 12.3. The number of carboxylic acids is 1. The molecule has 2 heterocycles. The van der Waals surface area contributed by atoms with Crippen molar-refractivity contribution in [2.45, 2.75) is 6.92 Å². The average Bonchev–Trinajstić information content (AvgIpc) is 3.05. The van der Waals surface area contributed by atoms with Crippen molar-refractivity contribution < 1.29 is 19.4 Å². The largest absolute Gasteiger partial charge is 0.480 e. The Morgan fingerprint density at radius 2 is 2.12 bits per heavy atom. The number of rotatable bonds is 4. The van der Waals surface area contributed by atoms with Crippen molar-refractivity contribution in [2.75, 3.05) is 18.5 Å². The average molecular weight is 388 g/mol. The Morgan fingerprint density at radius 1 is 1.38 bits per heavy atom. The zero-order chi connectivity index (χ0) is 18.8. The summed E-state index contributed by atoms with van der Waals surface area (Å²) in [6.07, 6.45) is 5.35. The van der Waals surface area contributed by atoms with Crippen molar-refractivity contribution in [3.05, 3.63) is 58.9 Å². The van der Waals surface area contributed by atoms with E-state index in [9.17, 15) is 9.59 Å². The third-order valence-corrected chi connectivity index (χ3v) is 5.16. The van der Waals surface area contributed by atoms with E-state index in [4.69, 9.17) is 22.1 Å². The molecule has 0 aromatic heterocycles. The first kappa shape index (κ1) is 18.2. The van der Waals surface area contributed by atoms with E-state index in [0.717, 1.165) is 33.7 Å². The first-order valence-electron chi connectivity index (χ1n) is 7.73. The topological polar surface area (TPSA) is 70.1 Å². The van der Waals surface area contributed by atoms with Gasteiger partial charge in [-0.25, -0.2) is 0 Å². The van der Waals surface area contributed by atoms with Crippen molar-refractivity contribution in [2.24, 2.45) is 0 Å². The number of fused-ring (bicyclic) bond motifs is 1. The number of allylic oxidation sites excluding steroid dienone is 4. The summed E-state index contributed by atoms with van der Waals surface area (Å²) in [5, 5.41) is 8.86. The molecule has 0 radical (unpaired) electrons. The number of para-hydroxylation sites is 2. The molecular weight excluding hydrogens is 372 g/mol. The Kier molecular flexibility index (Phi) is 5.15. The van der Waals surface area contributed by atoms with Gasteiger partial charge in [0.15, 0.2) is 11.6 Å². The van der Waals surface area contributed by atoms with Crippen LogP contribution in [-0.4, -0.2) is 39.8 Å². The van der Waals surface area contributed by atoms with Crippen molar-refractivity contribution in [1.82, 2.24) is 4.90 Å². The highest BCUT2D eigenvalue weighted by Gasteiger charge is 2.33. The second-order valence-electron chi connectivity index (χ2n) is 5.71. The Balaban J connectivity index is 1.75. The van der Waals surface area contributed by atoms with Gasteiger partial charge in [0.2, 0.25) is 0 Å². The molecule has 8 heteroatoms. The van der Waals surface area contributed by atoms with Crippen molar-refractivity contribution in [1.29, 1.82) is 0 Å². The predicted molar refractivity (Wildman–Crippen MR) is 105 cm³/mol. The molecule has 6 nitrogen and oxygen atoms in total. The fraction of sp³-hybridized carbons (Fsp3) is 0.167. The van der Waals surface area contributed by atoms with Crippen LogP contribution in [0.15, 0.2) is 58.9 Å². The Labute approximate surface area is 160 Å². The van der Waals surface area contributed by atoms with Crippen LogP contribution in [0.25, 0.3) is 0 Å². The van der Waals surface area contributed by atoms with Crippen LogP contribution in [0.1, 0.15) is 6.92 Å². The standard InChI is InChI=1S/C18H16N2O4S2/c1-11(9-14-17(23)20(10-16(21)22)18(25)26-14)7-8-15-19(2)12-5-3-4-6-13(12)24-15/h3-9H,10H2,1-2H3,(H,21,22)/b11-7?,14-9+,15-8?. The molecule has 1 N–H and O–H groups in total. The third-order valence-electron chi connectivity index (χ3n) is 3.79. The van der Waals surface area contributed by atoms with Crippen LogP contribution in [0.2, 0.25) is 0 Å². The normalized spacial score (nSPS) is 20.2. The molecule has 0 aliphatic carbocycles. The fourth-order valence-electron chi connectivity index (χ4n) is 2.50. The zero-order valence-corrected chi connectivity index (χ0v) is 15.8. The number of thioether (sulfide) groups is 1. The van der Waals surface area contributed by atoms with E-state index in [1.165, 1.54) is 0 Å². The lowest BCUT2D eigenvalue weighted by Gasteiger charge is -2.10. The van der Waals surface area contributed by atoms with Crippen molar-refractivity contribution >= 4 is 45.9 Å². The van der Waals surface area contributed by atoms with Gasteiger partial charge in [0.1, 0.15) is 10.9 Å². The monoisotopic (exact) mass is 388 g/mol. The van der Waals surface area contributed by atoms with Crippen molar-refractivity contribution in [3.63, 3.8) is 0 Å². The molecule has 1 fully saturated rings. The van der Waals surface area contributed by atoms with Gasteiger partial charge in [0.05, 0.1) is 10.6 Å². The summed E-state index contributed by atoms with van der Waals surface area (Å²) < 4.78 is 6.05. The number of thiocarbonyl (C=S) groups is 1. The van der Waals surface area contributed by atoms with Gasteiger partial charge in [0.25, 0.3) is 5.91 Å². The number of carbonyl (C=O) groups is 2. The van der Waals surface area contributed by atoms with Crippen LogP contribution in [0.5, 0.6) is 5.75 Å². The summed E-state index contributed by atoms with van der Waals surface area (Å²) in [7, 11) is 1.91. The number of hydrogen-bond donors (Lipinski definition) is 1. The lowest BCUT2D eigenvalue weighted by atomic mass is 10.2. The number of hydrogen-bond acceptors (Lipinski definition) is 6. The zero-order valence-electron chi connectivity index (χ0n) is 14.1. The summed E-state index contributed by atoms with van der Waals surface area (Å²) in [4.78, 5) is 26.5. The molecule has 1 aromatic carbocycles. The Morgan fingerprint density at radius 3 is 2.81 bits per heavy atom. The number of anilines is 1. The van der Waals surface area contributed by atoms with Gasteiger partial charge >= 0.3 is 5.97 Å². The van der Waals surface area contributed by atoms with Crippen LogP contribution in [-0.2, 0) is 9.59 Å². The SMILES string of the molecule is CC(=CC=C1Oc2ccccc2N1C)/C=C1/SC(=S)N(CC(=O)O)C1=O. The second-order valence-corrected chi connectivity index (χ2v) is 7.38. The van der Waals surface area contributed by atoms with Gasteiger partial charge in [-0.3, -0.25) is 14.5 Å². The van der Waals surface area contributed by atoms with E-state index in [1.54, 1.807) is 6.08 Å². The highest BCUT2D eigenvalue weighted by molar-refractivity contribution is 8.26. The van der Waals surface area contributed by atoms with Gasteiger partial charge in [-0.15, -0.1) is 0 Å². The molecule has 0 spiro atoms. The molecule has 2 aliphatic rings. The summed E-state index contributed by atoms with van der Waals surface area (Å²) in [6, 6.07) is 7.73. The Hall–Kier alpha value is -2.58. The first-order valence-corrected chi connectivity index (χ1v) is 8.95. The van der Waals surface area contributed by atoms with Crippen molar-refractivity contribution in [3.8, 4) is 5.75 Å². The van der Waals surface area contributed by atoms with E-state index in [2.05, 4.69) is 0 Å². The summed E-state index contributed by atoms with van der Waals surface area (Å²) in [5.41, 5.74) is 1.81. The molecule has 134 valence electrons. The summed E-state index contributed by atoms with van der Waals surface area (Å²) >= 11 is 6.18. The van der Waals surface area contributed by atoms with Gasteiger partial charge in [0, 0.05) is 7.05 Å². The lowest BCUT2D eigenvalue weighted by molar-refractivity contribution is -0.140. The van der Waals surface area contributed by atoms with Gasteiger partial charge < -0.3 is 14.7 Å². The number of carbonyl (C=O) groups excluding carboxylic acids is 1. The minimum atomic E-state index is -1.10. The number of benzene rings is 1. The molecular formula is C18H16N2O4S2. The molecule has 0 atom stereocenters. The summed E-state index contributed by atoms with van der Waals surface area (Å²) in [5.74, 6) is -0.0100. The first-order chi connectivity index (χ1) is 12.4. The molecule has 26 heavy (non-hydrogen) atoms. The van der Waals surface area contributed by atoms with Crippen LogP contribution < -0.4 is 9.64 Å². The molecule has 0 unspecified atom stereocenters. The number of amides is 1. The van der Waals surface area contributed by atoms with Crippen LogP contribution in [0.3, 0.4) is 0 Å². The Bertz CT molecular complexity index is 889. The molecule has 1 aromatic rings. The van der Waals surface area contributed by atoms with E-state index >= 15 is 0 Å². The summed E-state index contributed by atoms with van der Waals surface area (Å²) in [6.45, 7) is 1.43. The number of nitrogens with zero attached hydrogens (tertiary/aromatic N) is 2. The van der Waals surface area contributed by atoms with E-state index < -0.39 is 12.5 Å². The highest BCUT2D eigenvalue weighted by atomic mass is 32.2. The highest BCUT2D eigenvalue weighted by Crippen LogP contribution is 2.37. The smallest absolute Gasteiger partial charge is 0.323 e. The molecule has 1 saturated heterocycles. The van der Waals surface area contributed by atoms with Gasteiger partial charge in [-0.1, -0.05) is 42.2 Å². The van der Waals surface area contributed by atoms with E-state index in [1.807, 2.05) is 55.3 Å². The van der Waals surface area contributed by atoms with E-state index in [-0.39, 0.29) is 10.2 Å². The fourth-order valence-corrected chi connectivity index (χ4v) is 3.80. The van der Waals surface area contributed by atoms with Crippen LogP contribution >= 0.6 is 24.0 Å². The lowest BCUT2D eigenvalue weighted by Crippen LogP contribution is -2.33. The van der Waals surface area contributed by atoms with Gasteiger partial charge in [-0.2, -0.15) is 0 Å². The van der Waals surface area contributed by atoms with Crippen LogP contribution in [0.4, 0.5) is 5.69 Å². The molecule has 0 bridgehead atoms. The number of carboxylic acid groups (broad SMARTS) is 1. The predicted octanol–water partition coefficient (Wildman–Crippen LogP) is 3.13. The maximum absolute atomic E-state index is 12.3. The molecule has 2 aliphatic heterocycles. The van der Waals surface area contributed by atoms with E-state index in [0.29, 0.717) is 10.8 Å². The quantitative estimate of drug-likeness (QED) is 0.628. The molecule has 0 saturated carbocycles. The second kappa shape index (κ2) is 7.35. The maximum Gasteiger partial charge on any atom is 0.323 e. The number of ether oxygens (including phenoxy) is 1. The molecule has 1 amide bonds. The van der Waals surface area contributed by atoms with Crippen LogP contribution in [0, 0.1) is 0 Å². The third kappa shape index (κ3) is 3.66. The van der Waals surface area contributed by atoms with Gasteiger partial charge in [-0.05, 0) is 36.8 Å². The number of aliphatic carboxylic acids is 1. The minimum Gasteiger partial charge on any atom is -0.480 e. The molecule has 3 rings (SSSR count). The minimum absolute atomic E-state index is 0.254.